The van der Waals surface area contributed by atoms with Crippen LogP contribution in [-0.2, 0) is 6.61 Å². The van der Waals surface area contributed by atoms with Gasteiger partial charge in [-0.1, -0.05) is 6.07 Å². The maximum atomic E-state index is 10.9. The van der Waals surface area contributed by atoms with Crippen molar-refractivity contribution in [2.45, 2.75) is 6.61 Å². The number of para-hydroxylation sites is 1. The number of halogens is 1. The minimum atomic E-state index is -1.23. The minimum absolute atomic E-state index is 0.0371. The molecular formula is C12H8BrNO6. The summed E-state index contributed by atoms with van der Waals surface area (Å²) in [6.45, 7) is -0.151. The predicted molar refractivity (Wildman–Crippen MR) is 70.8 cm³/mol. The molecule has 0 aliphatic heterocycles. The number of benzene rings is 1. The van der Waals surface area contributed by atoms with E-state index in [4.69, 9.17) is 14.3 Å². The maximum absolute atomic E-state index is 10.9. The first-order valence-corrected chi connectivity index (χ1v) is 6.15. The number of nitrogens with zero attached hydrogens (tertiary/aromatic N) is 1. The van der Waals surface area contributed by atoms with Crippen LogP contribution in [0.3, 0.4) is 0 Å². The number of hydrogen-bond donors (Lipinski definition) is 1. The van der Waals surface area contributed by atoms with E-state index in [1.807, 2.05) is 0 Å². The van der Waals surface area contributed by atoms with Crippen LogP contribution in [-0.4, -0.2) is 16.0 Å². The first-order chi connectivity index (χ1) is 9.50. The lowest BCUT2D eigenvalue weighted by Crippen LogP contribution is -2.04. The molecule has 1 heterocycles. The number of aromatic carboxylic acids is 1. The second-order valence-electron chi connectivity index (χ2n) is 3.71. The molecule has 0 aliphatic rings. The number of hydrogen-bond acceptors (Lipinski definition) is 5. The zero-order valence-corrected chi connectivity index (χ0v) is 11.5. The fourth-order valence-corrected chi connectivity index (χ4v) is 2.04. The summed E-state index contributed by atoms with van der Waals surface area (Å²) in [4.78, 5) is 21.2. The molecule has 0 amide bonds. The third kappa shape index (κ3) is 2.80. The lowest BCUT2D eigenvalue weighted by Gasteiger charge is -2.07. The molecule has 1 aromatic carbocycles. The first-order valence-electron chi connectivity index (χ1n) is 5.36. The van der Waals surface area contributed by atoms with Crippen molar-refractivity contribution >= 4 is 27.6 Å². The highest BCUT2D eigenvalue weighted by Gasteiger charge is 2.20. The highest BCUT2D eigenvalue weighted by atomic mass is 79.9. The molecule has 1 N–H and O–H groups in total. The van der Waals surface area contributed by atoms with Gasteiger partial charge in [0.1, 0.15) is 6.61 Å². The third-order valence-corrected chi connectivity index (χ3v) is 3.08. The SMILES string of the molecule is O=C(O)c1occc1COc1c(Br)cccc1[N+](=O)[O-]. The Morgan fingerprint density at radius 3 is 2.85 bits per heavy atom. The molecule has 104 valence electrons. The molecule has 0 atom stereocenters. The van der Waals surface area contributed by atoms with E-state index < -0.39 is 10.9 Å². The number of carbonyl (C=O) groups is 1. The lowest BCUT2D eigenvalue weighted by atomic mass is 10.2. The van der Waals surface area contributed by atoms with Gasteiger partial charge in [-0.15, -0.1) is 0 Å². The third-order valence-electron chi connectivity index (χ3n) is 2.46. The number of carboxylic acids is 1. The molecule has 0 unspecified atom stereocenters. The van der Waals surface area contributed by atoms with Gasteiger partial charge in [0.25, 0.3) is 0 Å². The average Bonchev–Trinajstić information content (AvgIpc) is 2.85. The van der Waals surface area contributed by atoms with E-state index in [-0.39, 0.29) is 23.8 Å². The number of nitro benzene ring substituents is 1. The summed E-state index contributed by atoms with van der Waals surface area (Å²) in [7, 11) is 0. The Kier molecular flexibility index (Phi) is 4.04. The van der Waals surface area contributed by atoms with E-state index in [0.29, 0.717) is 10.0 Å². The zero-order valence-electron chi connectivity index (χ0n) is 9.91. The van der Waals surface area contributed by atoms with Crippen LogP contribution in [0.5, 0.6) is 5.75 Å². The molecule has 7 nitrogen and oxygen atoms in total. The van der Waals surface area contributed by atoms with Crippen molar-refractivity contribution in [1.82, 2.24) is 0 Å². The van der Waals surface area contributed by atoms with Gasteiger partial charge >= 0.3 is 11.7 Å². The van der Waals surface area contributed by atoms with Gasteiger partial charge in [-0.2, -0.15) is 0 Å². The van der Waals surface area contributed by atoms with E-state index in [1.165, 1.54) is 24.5 Å². The smallest absolute Gasteiger partial charge is 0.372 e. The Balaban J connectivity index is 2.25. The Hall–Kier alpha value is -2.35. The van der Waals surface area contributed by atoms with Crippen molar-refractivity contribution in [2.75, 3.05) is 0 Å². The number of furan rings is 1. The standard InChI is InChI=1S/C12H8BrNO6/c13-8-2-1-3-9(14(17)18)11(8)20-6-7-4-5-19-10(7)12(15)16/h1-5H,6H2,(H,15,16). The first kappa shape index (κ1) is 14.1. The minimum Gasteiger partial charge on any atom is -0.481 e. The van der Waals surface area contributed by atoms with Gasteiger partial charge in [0.05, 0.1) is 15.7 Å². The van der Waals surface area contributed by atoms with Gasteiger partial charge in [0, 0.05) is 11.6 Å². The molecule has 2 rings (SSSR count). The van der Waals surface area contributed by atoms with Gasteiger partial charge in [0.15, 0.2) is 0 Å². The molecule has 0 saturated carbocycles. The van der Waals surface area contributed by atoms with E-state index in [2.05, 4.69) is 15.9 Å². The van der Waals surface area contributed by atoms with Crippen molar-refractivity contribution in [3.63, 3.8) is 0 Å². The zero-order chi connectivity index (χ0) is 14.7. The molecule has 0 radical (unpaired) electrons. The van der Waals surface area contributed by atoms with Crippen molar-refractivity contribution < 1.29 is 24.0 Å². The van der Waals surface area contributed by atoms with E-state index in [1.54, 1.807) is 6.07 Å². The topological polar surface area (TPSA) is 103 Å². The molecule has 0 saturated heterocycles. The quantitative estimate of drug-likeness (QED) is 0.661. The van der Waals surface area contributed by atoms with Gasteiger partial charge in [0.2, 0.25) is 11.5 Å². The predicted octanol–water partition coefficient (Wildman–Crippen LogP) is 3.23. The largest absolute Gasteiger partial charge is 0.481 e. The average molecular weight is 342 g/mol. The molecule has 0 aliphatic carbocycles. The fourth-order valence-electron chi connectivity index (χ4n) is 1.57. The molecule has 20 heavy (non-hydrogen) atoms. The molecule has 0 fully saturated rings. The van der Waals surface area contributed by atoms with Crippen LogP contribution in [0.2, 0.25) is 0 Å². The van der Waals surface area contributed by atoms with Crippen LogP contribution in [0, 0.1) is 10.1 Å². The highest BCUT2D eigenvalue weighted by molar-refractivity contribution is 9.10. The van der Waals surface area contributed by atoms with Crippen molar-refractivity contribution in [2.24, 2.45) is 0 Å². The fraction of sp³-hybridized carbons (Fsp3) is 0.0833. The van der Waals surface area contributed by atoms with Crippen molar-refractivity contribution in [3.05, 3.63) is 56.4 Å². The summed E-state index contributed by atoms with van der Waals surface area (Å²) < 4.78 is 10.6. The second-order valence-corrected chi connectivity index (χ2v) is 4.57. The summed E-state index contributed by atoms with van der Waals surface area (Å²) in [6.07, 6.45) is 1.22. The Morgan fingerprint density at radius 2 is 2.20 bits per heavy atom. The second kappa shape index (κ2) is 5.74. The van der Waals surface area contributed by atoms with Crippen LogP contribution < -0.4 is 4.74 Å². The van der Waals surface area contributed by atoms with E-state index >= 15 is 0 Å². The molecular weight excluding hydrogens is 334 g/mol. The highest BCUT2D eigenvalue weighted by Crippen LogP contribution is 2.35. The number of rotatable bonds is 5. The Bertz CT molecular complexity index is 666. The van der Waals surface area contributed by atoms with Crippen LogP contribution in [0.4, 0.5) is 5.69 Å². The van der Waals surface area contributed by atoms with Crippen LogP contribution in [0.15, 0.2) is 39.4 Å². The summed E-state index contributed by atoms with van der Waals surface area (Å²) >= 11 is 3.16. The maximum Gasteiger partial charge on any atom is 0.372 e. The van der Waals surface area contributed by atoms with Gasteiger partial charge in [-0.05, 0) is 28.1 Å². The summed E-state index contributed by atoms with van der Waals surface area (Å²) in [5, 5.41) is 19.8. The van der Waals surface area contributed by atoms with Gasteiger partial charge in [-0.3, -0.25) is 10.1 Å². The normalized spacial score (nSPS) is 10.2. The summed E-state index contributed by atoms with van der Waals surface area (Å²) in [5.74, 6) is -1.44. The summed E-state index contributed by atoms with van der Waals surface area (Å²) in [6, 6.07) is 5.84. The molecule has 0 bridgehead atoms. The number of nitro groups is 1. The lowest BCUT2D eigenvalue weighted by molar-refractivity contribution is -0.386. The van der Waals surface area contributed by atoms with Crippen molar-refractivity contribution in [1.29, 1.82) is 0 Å². The van der Waals surface area contributed by atoms with Crippen molar-refractivity contribution in [3.8, 4) is 5.75 Å². The van der Waals surface area contributed by atoms with Gasteiger partial charge < -0.3 is 14.3 Å². The Labute approximate surface area is 121 Å². The molecule has 2 aromatic rings. The number of carboxylic acid groups (broad SMARTS) is 1. The molecule has 0 spiro atoms. The Morgan fingerprint density at radius 1 is 1.45 bits per heavy atom. The summed E-state index contributed by atoms with van der Waals surface area (Å²) in [5.41, 5.74) is 0.0855. The number of ether oxygens (including phenoxy) is 1. The van der Waals surface area contributed by atoms with Crippen LogP contribution >= 0.6 is 15.9 Å². The monoisotopic (exact) mass is 341 g/mol. The van der Waals surface area contributed by atoms with E-state index in [9.17, 15) is 14.9 Å². The molecule has 8 heteroatoms. The van der Waals surface area contributed by atoms with Gasteiger partial charge in [-0.25, -0.2) is 4.79 Å². The van der Waals surface area contributed by atoms with Crippen LogP contribution in [0.25, 0.3) is 0 Å². The van der Waals surface area contributed by atoms with E-state index in [0.717, 1.165) is 0 Å². The van der Waals surface area contributed by atoms with Crippen LogP contribution in [0.1, 0.15) is 16.1 Å². The molecule has 1 aromatic heterocycles.